The van der Waals surface area contributed by atoms with Crippen molar-refractivity contribution in [2.75, 3.05) is 13.7 Å². The largest absolute Gasteiger partial charge is 0.497 e. The second-order valence-corrected chi connectivity index (χ2v) is 10.4. The summed E-state index contributed by atoms with van der Waals surface area (Å²) in [7, 11) is 1.62. The number of aromatic nitrogens is 3. The van der Waals surface area contributed by atoms with Gasteiger partial charge in [-0.05, 0) is 67.1 Å². The highest BCUT2D eigenvalue weighted by Gasteiger charge is 2.19. The summed E-state index contributed by atoms with van der Waals surface area (Å²) in [6.45, 7) is 2.08. The number of pyridine rings is 1. The summed E-state index contributed by atoms with van der Waals surface area (Å²) in [5.41, 5.74) is 5.36. The number of nitrogens with one attached hydrogen (secondary N) is 1. The molecule has 0 fully saturated rings. The fourth-order valence-corrected chi connectivity index (χ4v) is 5.08. The number of halogens is 2. The van der Waals surface area contributed by atoms with Crippen molar-refractivity contribution in [3.63, 3.8) is 0 Å². The number of carboxylic acid groups (broad SMARTS) is 1. The summed E-state index contributed by atoms with van der Waals surface area (Å²) >= 11 is 12.6. The molecule has 0 saturated carbocycles. The monoisotopic (exact) mass is 588 g/mol. The van der Waals surface area contributed by atoms with Crippen LogP contribution in [-0.2, 0) is 4.79 Å². The smallest absolute Gasteiger partial charge is 0.305 e. The number of amides is 1. The van der Waals surface area contributed by atoms with Crippen LogP contribution in [0.15, 0.2) is 79.0 Å². The van der Waals surface area contributed by atoms with Crippen LogP contribution in [0.25, 0.3) is 33.4 Å². The quantitative estimate of drug-likeness (QED) is 0.194. The fourth-order valence-electron chi connectivity index (χ4n) is 4.56. The first kappa shape index (κ1) is 28.1. The minimum Gasteiger partial charge on any atom is -0.497 e. The van der Waals surface area contributed by atoms with E-state index < -0.39 is 5.97 Å². The summed E-state index contributed by atoms with van der Waals surface area (Å²) in [4.78, 5) is 27.8. The lowest BCUT2D eigenvalue weighted by molar-refractivity contribution is -0.136. The van der Waals surface area contributed by atoms with Crippen LogP contribution in [0, 0.1) is 0 Å². The molecule has 3 aromatic carbocycles. The van der Waals surface area contributed by atoms with E-state index in [1.54, 1.807) is 31.5 Å². The number of fused-ring (bicyclic) bond motifs is 1. The predicted molar refractivity (Wildman–Crippen MR) is 160 cm³/mol. The van der Waals surface area contributed by atoms with Gasteiger partial charge in [-0.15, -0.1) is 0 Å². The van der Waals surface area contributed by atoms with Crippen LogP contribution in [0.1, 0.15) is 35.3 Å². The molecule has 0 bridgehead atoms. The number of rotatable bonds is 9. The molecule has 5 rings (SSSR count). The zero-order valence-electron chi connectivity index (χ0n) is 22.3. The number of aliphatic carboxylic acids is 1. The van der Waals surface area contributed by atoms with Gasteiger partial charge >= 0.3 is 5.97 Å². The van der Waals surface area contributed by atoms with Gasteiger partial charge in [-0.1, -0.05) is 35.3 Å². The Morgan fingerprint density at radius 2 is 1.71 bits per heavy atom. The summed E-state index contributed by atoms with van der Waals surface area (Å²) in [5, 5.41) is 18.3. The van der Waals surface area contributed by atoms with Crippen molar-refractivity contribution in [3.05, 3.63) is 100 Å². The standard InChI is InChI=1S/C31H26Cl2N4O4/c1-18(19-3-5-20(6-4-19)31(40)34-10-9-30(38)39)37-29(16-28(36-37)22-12-24(32)14-25(33)13-22)23-11-21-7-8-26(41-2)15-27(21)35-17-23/h3-8,11-18H,9-10H2,1-2H3,(H,34,40)(H,38,39)/t18-/m0/s1. The predicted octanol–water partition coefficient (Wildman–Crippen LogP) is 6.89. The van der Waals surface area contributed by atoms with Gasteiger partial charge in [0.25, 0.3) is 5.91 Å². The van der Waals surface area contributed by atoms with Crippen LogP contribution in [0.2, 0.25) is 10.0 Å². The molecule has 8 nitrogen and oxygen atoms in total. The highest BCUT2D eigenvalue weighted by Crippen LogP contribution is 2.34. The summed E-state index contributed by atoms with van der Waals surface area (Å²) in [6, 6.07) is 22.0. The number of hydrogen-bond acceptors (Lipinski definition) is 5. The van der Waals surface area contributed by atoms with Crippen LogP contribution in [0.4, 0.5) is 0 Å². The number of methoxy groups -OCH3 is 1. The molecule has 0 radical (unpaired) electrons. The molecule has 0 aliphatic rings. The van der Waals surface area contributed by atoms with Crippen LogP contribution in [0.5, 0.6) is 5.75 Å². The Hall–Kier alpha value is -4.40. The maximum atomic E-state index is 12.4. The lowest BCUT2D eigenvalue weighted by Gasteiger charge is -2.17. The Morgan fingerprint density at radius 1 is 0.976 bits per heavy atom. The zero-order chi connectivity index (χ0) is 29.1. The number of nitrogens with zero attached hydrogens (tertiary/aromatic N) is 3. The van der Waals surface area contributed by atoms with Gasteiger partial charge in [-0.2, -0.15) is 5.10 Å². The SMILES string of the molecule is COc1ccc2cc(-c3cc(-c4cc(Cl)cc(Cl)c4)nn3[C@@H](C)c3ccc(C(=O)NCCC(=O)O)cc3)cnc2c1. The number of carbonyl (C=O) groups excluding carboxylic acids is 1. The molecule has 208 valence electrons. The zero-order valence-corrected chi connectivity index (χ0v) is 23.8. The van der Waals surface area contributed by atoms with Gasteiger partial charge in [0.2, 0.25) is 0 Å². The van der Waals surface area contributed by atoms with Crippen molar-refractivity contribution in [2.45, 2.75) is 19.4 Å². The van der Waals surface area contributed by atoms with Crippen LogP contribution in [-0.4, -0.2) is 45.4 Å². The van der Waals surface area contributed by atoms with Crippen LogP contribution >= 0.6 is 23.2 Å². The molecule has 0 saturated heterocycles. The molecule has 2 aromatic heterocycles. The molecular weight excluding hydrogens is 563 g/mol. The van der Waals surface area contributed by atoms with Gasteiger partial charge in [0, 0.05) is 50.9 Å². The van der Waals surface area contributed by atoms with E-state index in [1.165, 1.54) is 0 Å². The first-order chi connectivity index (χ1) is 19.7. The Morgan fingerprint density at radius 3 is 2.39 bits per heavy atom. The van der Waals surface area contributed by atoms with E-state index in [0.717, 1.165) is 39.0 Å². The van der Waals surface area contributed by atoms with E-state index in [1.807, 2.05) is 60.1 Å². The minimum atomic E-state index is -0.967. The maximum absolute atomic E-state index is 12.4. The Labute approximate surface area is 246 Å². The molecular formula is C31H26Cl2N4O4. The average molecular weight is 589 g/mol. The Balaban J connectivity index is 1.53. The highest BCUT2D eigenvalue weighted by molar-refractivity contribution is 6.35. The molecule has 0 aliphatic carbocycles. The number of ether oxygens (including phenoxy) is 1. The first-order valence-corrected chi connectivity index (χ1v) is 13.6. The minimum absolute atomic E-state index is 0.0613. The molecule has 1 amide bonds. The van der Waals surface area contributed by atoms with Gasteiger partial charge in [0.1, 0.15) is 5.75 Å². The molecule has 5 aromatic rings. The summed E-state index contributed by atoms with van der Waals surface area (Å²) in [6.07, 6.45) is 1.67. The first-order valence-electron chi connectivity index (χ1n) is 12.8. The van der Waals surface area contributed by atoms with Gasteiger partial charge < -0.3 is 15.2 Å². The fraction of sp³-hybridized carbons (Fsp3) is 0.161. The van der Waals surface area contributed by atoms with Crippen molar-refractivity contribution in [3.8, 4) is 28.3 Å². The van der Waals surface area contributed by atoms with E-state index in [2.05, 4.69) is 16.4 Å². The van der Waals surface area contributed by atoms with Crippen molar-refractivity contribution in [1.82, 2.24) is 20.1 Å². The van der Waals surface area contributed by atoms with E-state index in [4.69, 9.17) is 38.1 Å². The van der Waals surface area contributed by atoms with Crippen LogP contribution in [0.3, 0.4) is 0 Å². The molecule has 0 spiro atoms. The van der Waals surface area contributed by atoms with E-state index >= 15 is 0 Å². The van der Waals surface area contributed by atoms with E-state index in [0.29, 0.717) is 21.3 Å². The second kappa shape index (κ2) is 12.0. The number of benzene rings is 3. The molecule has 41 heavy (non-hydrogen) atoms. The van der Waals surface area contributed by atoms with Crippen molar-refractivity contribution >= 4 is 46.0 Å². The van der Waals surface area contributed by atoms with Gasteiger partial charge in [-0.3, -0.25) is 19.3 Å². The third kappa shape index (κ3) is 6.34. The van der Waals surface area contributed by atoms with Crippen LogP contribution < -0.4 is 10.1 Å². The normalized spacial score (nSPS) is 11.8. The summed E-state index contributed by atoms with van der Waals surface area (Å²) < 4.78 is 7.25. The van der Waals surface area contributed by atoms with Gasteiger partial charge in [0.15, 0.2) is 0 Å². The maximum Gasteiger partial charge on any atom is 0.305 e. The molecule has 2 N–H and O–H groups in total. The van der Waals surface area contributed by atoms with Crippen molar-refractivity contribution in [2.24, 2.45) is 0 Å². The molecule has 2 heterocycles. The van der Waals surface area contributed by atoms with Gasteiger partial charge in [0.05, 0.1) is 36.5 Å². The Bertz CT molecular complexity index is 1730. The number of carbonyl (C=O) groups is 2. The summed E-state index contributed by atoms with van der Waals surface area (Å²) in [5.74, 6) is -0.565. The molecule has 10 heteroatoms. The topological polar surface area (TPSA) is 106 Å². The number of hydrogen-bond donors (Lipinski definition) is 2. The van der Waals surface area contributed by atoms with Gasteiger partial charge in [-0.25, -0.2) is 0 Å². The lowest BCUT2D eigenvalue weighted by Crippen LogP contribution is -2.26. The highest BCUT2D eigenvalue weighted by atomic mass is 35.5. The Kier molecular flexibility index (Phi) is 8.23. The third-order valence-corrected chi connectivity index (χ3v) is 7.16. The molecule has 0 aliphatic heterocycles. The van der Waals surface area contributed by atoms with E-state index in [9.17, 15) is 9.59 Å². The second-order valence-electron chi connectivity index (χ2n) is 9.50. The number of carboxylic acids is 1. The van der Waals surface area contributed by atoms with E-state index in [-0.39, 0.29) is 24.9 Å². The van der Waals surface area contributed by atoms with Crippen molar-refractivity contribution < 1.29 is 19.4 Å². The molecule has 1 atom stereocenters. The van der Waals surface area contributed by atoms with Crippen molar-refractivity contribution in [1.29, 1.82) is 0 Å². The average Bonchev–Trinajstić information content (AvgIpc) is 3.41. The lowest BCUT2D eigenvalue weighted by atomic mass is 10.0. The third-order valence-electron chi connectivity index (χ3n) is 6.73. The molecule has 0 unspecified atom stereocenters.